The van der Waals surface area contributed by atoms with Gasteiger partial charge in [0, 0.05) is 34.2 Å². The van der Waals surface area contributed by atoms with Crippen molar-refractivity contribution in [2.45, 2.75) is 159 Å². The van der Waals surface area contributed by atoms with Gasteiger partial charge in [-0.1, -0.05) is 120 Å². The van der Waals surface area contributed by atoms with Crippen molar-refractivity contribution in [2.24, 2.45) is 16.2 Å². The summed E-state index contributed by atoms with van der Waals surface area (Å²) in [7, 11) is 0. The summed E-state index contributed by atoms with van der Waals surface area (Å²) in [5.41, 5.74) is -1.81. The Kier molecular flexibility index (Phi) is 29.3. The van der Waals surface area contributed by atoms with Crippen molar-refractivity contribution in [1.29, 1.82) is 0 Å². The molecule has 6 nitrogen and oxygen atoms in total. The molecule has 0 bridgehead atoms. The van der Waals surface area contributed by atoms with E-state index in [-0.39, 0.29) is 40.8 Å². The normalized spacial score (nSPS) is 15.2. The second-order valence-corrected chi connectivity index (χ2v) is 11.0. The Morgan fingerprint density at radius 3 is 0.757 bits per heavy atom. The molecule has 217 valence electrons. The van der Waals surface area contributed by atoms with Crippen LogP contribution in [0.15, 0.2) is 0 Å². The van der Waals surface area contributed by atoms with E-state index in [0.29, 0.717) is 19.3 Å². The van der Waals surface area contributed by atoms with Gasteiger partial charge in [-0.15, -0.1) is 0 Å². The molecule has 7 heteroatoms. The summed E-state index contributed by atoms with van der Waals surface area (Å²) in [5.74, 6) is -2.71. The Bertz CT molecular complexity index is 516. The van der Waals surface area contributed by atoms with Crippen molar-refractivity contribution in [2.75, 3.05) is 0 Å². The number of carbonyl (C=O) groups is 3. The molecule has 0 N–H and O–H groups in total. The van der Waals surface area contributed by atoms with Crippen molar-refractivity contribution in [3.63, 3.8) is 0 Å². The number of carboxylic acid groups (broad SMARTS) is 3. The smallest absolute Gasteiger partial charge is 0.550 e. The average Bonchev–Trinajstić information content (AvgIpc) is 2.84. The second-order valence-electron chi connectivity index (χ2n) is 11.0. The van der Waals surface area contributed by atoms with E-state index in [2.05, 4.69) is 20.8 Å². The Balaban J connectivity index is -0.000000218. The number of unbranched alkanes of at least 4 members (excludes halogenated alkanes) is 6. The van der Waals surface area contributed by atoms with E-state index in [0.717, 1.165) is 77.0 Å². The van der Waals surface area contributed by atoms with Gasteiger partial charge in [0.15, 0.2) is 0 Å². The third kappa shape index (κ3) is 20.3. The third-order valence-corrected chi connectivity index (χ3v) is 7.82. The molecule has 0 saturated carbocycles. The van der Waals surface area contributed by atoms with Gasteiger partial charge in [-0.05, 0) is 38.5 Å². The van der Waals surface area contributed by atoms with Crippen LogP contribution in [-0.2, 0) is 14.4 Å². The molecule has 0 aliphatic heterocycles. The van der Waals surface area contributed by atoms with E-state index in [1.807, 2.05) is 20.8 Å². The standard InChI is InChI=1S/3C10H20O2.Nd/c3*1-4-6-7-8-10(3,5-2)9(11)12;/h3*4-8H2,1-3H3,(H,11,12);/q;;;+3/p-3. The van der Waals surface area contributed by atoms with Crippen LogP contribution in [0.4, 0.5) is 0 Å². The number of carbonyl (C=O) groups excluding carboxylic acids is 3. The fourth-order valence-electron chi connectivity index (χ4n) is 3.57. The monoisotopic (exact) mass is 655 g/mol. The van der Waals surface area contributed by atoms with Crippen LogP contribution in [0.2, 0.25) is 0 Å². The number of hydrogen-bond donors (Lipinski definition) is 0. The fraction of sp³-hybridized carbons (Fsp3) is 0.900. The van der Waals surface area contributed by atoms with E-state index in [1.165, 1.54) is 0 Å². The average molecular weight is 658 g/mol. The minimum absolute atomic E-state index is 0. The molecule has 0 aliphatic rings. The maximum atomic E-state index is 10.7. The molecule has 0 heterocycles. The van der Waals surface area contributed by atoms with Gasteiger partial charge >= 0.3 is 40.8 Å². The van der Waals surface area contributed by atoms with Gasteiger partial charge in [-0.2, -0.15) is 0 Å². The van der Waals surface area contributed by atoms with Gasteiger partial charge in [0.25, 0.3) is 0 Å². The molecule has 3 unspecified atom stereocenters. The topological polar surface area (TPSA) is 120 Å². The molecular formula is C30H57NdO6. The van der Waals surface area contributed by atoms with Crippen LogP contribution >= 0.6 is 0 Å². The maximum Gasteiger partial charge on any atom is 3.00 e. The van der Waals surface area contributed by atoms with E-state index in [4.69, 9.17) is 0 Å². The molecule has 3 atom stereocenters. The molecule has 1 radical (unpaired) electrons. The predicted octanol–water partition coefficient (Wildman–Crippen LogP) is 5.20. The van der Waals surface area contributed by atoms with Gasteiger partial charge < -0.3 is 29.7 Å². The van der Waals surface area contributed by atoms with Crippen LogP contribution in [0, 0.1) is 57.1 Å². The van der Waals surface area contributed by atoms with E-state index >= 15 is 0 Å². The number of aliphatic carboxylic acids is 3. The molecule has 0 aromatic carbocycles. The third-order valence-electron chi connectivity index (χ3n) is 7.82. The van der Waals surface area contributed by atoms with Crippen molar-refractivity contribution in [1.82, 2.24) is 0 Å². The molecule has 0 fully saturated rings. The molecular weight excluding hydrogens is 601 g/mol. The largest absolute Gasteiger partial charge is 3.00 e. The molecule has 0 spiro atoms. The van der Waals surface area contributed by atoms with Crippen LogP contribution in [0.25, 0.3) is 0 Å². The Morgan fingerprint density at radius 2 is 0.649 bits per heavy atom. The van der Waals surface area contributed by atoms with Gasteiger partial charge in [-0.25, -0.2) is 0 Å². The van der Waals surface area contributed by atoms with Crippen LogP contribution in [0.1, 0.15) is 159 Å². The number of rotatable bonds is 18. The van der Waals surface area contributed by atoms with Crippen LogP contribution in [0.5, 0.6) is 0 Å². The summed E-state index contributed by atoms with van der Waals surface area (Å²) >= 11 is 0. The molecule has 37 heavy (non-hydrogen) atoms. The molecule has 0 rings (SSSR count). The molecule has 0 aromatic heterocycles. The Labute approximate surface area is 261 Å². The second kappa shape index (κ2) is 24.8. The SMILES string of the molecule is CCCCCC(C)(CC)C(=O)[O-].CCCCCC(C)(CC)C(=O)[O-].CCCCCC(C)(CC)C(=O)[O-].[Nd+3]. The zero-order chi connectivity index (χ0) is 28.8. The fourth-order valence-corrected chi connectivity index (χ4v) is 3.57. The quantitative estimate of drug-likeness (QED) is 0.187. The van der Waals surface area contributed by atoms with Gasteiger partial charge in [0.1, 0.15) is 0 Å². The minimum atomic E-state index is -0.902. The zero-order valence-corrected chi connectivity index (χ0v) is 28.8. The zero-order valence-electron chi connectivity index (χ0n) is 25.6. The van der Waals surface area contributed by atoms with Crippen molar-refractivity contribution in [3.05, 3.63) is 0 Å². The molecule has 0 amide bonds. The van der Waals surface area contributed by atoms with E-state index in [9.17, 15) is 29.7 Å². The summed E-state index contributed by atoms with van der Waals surface area (Å²) in [6.45, 7) is 17.4. The summed E-state index contributed by atoms with van der Waals surface area (Å²) in [6.07, 6.45) is 14.0. The number of carboxylic acids is 3. The summed E-state index contributed by atoms with van der Waals surface area (Å²) in [6, 6.07) is 0. The first-order valence-corrected chi connectivity index (χ1v) is 14.3. The molecule has 0 aromatic rings. The van der Waals surface area contributed by atoms with Gasteiger partial charge in [0.2, 0.25) is 0 Å². The minimum Gasteiger partial charge on any atom is -0.550 e. The van der Waals surface area contributed by atoms with Gasteiger partial charge in [-0.3, -0.25) is 0 Å². The first kappa shape index (κ1) is 43.8. The van der Waals surface area contributed by atoms with E-state index in [1.54, 1.807) is 20.8 Å². The van der Waals surface area contributed by atoms with Crippen LogP contribution in [0.3, 0.4) is 0 Å². The maximum absolute atomic E-state index is 10.7. The van der Waals surface area contributed by atoms with Crippen molar-refractivity contribution < 1.29 is 70.5 Å². The summed E-state index contributed by atoms with van der Waals surface area (Å²) in [4.78, 5) is 32.2. The van der Waals surface area contributed by atoms with Crippen LogP contribution < -0.4 is 15.3 Å². The molecule has 0 saturated heterocycles. The van der Waals surface area contributed by atoms with Crippen molar-refractivity contribution >= 4 is 17.9 Å². The number of hydrogen-bond acceptors (Lipinski definition) is 6. The first-order chi connectivity index (χ1) is 16.7. The van der Waals surface area contributed by atoms with Crippen LogP contribution in [-0.4, -0.2) is 17.9 Å². The Morgan fingerprint density at radius 1 is 0.459 bits per heavy atom. The first-order valence-electron chi connectivity index (χ1n) is 14.3. The van der Waals surface area contributed by atoms with Crippen molar-refractivity contribution in [3.8, 4) is 0 Å². The summed E-state index contributed by atoms with van der Waals surface area (Å²) in [5, 5.41) is 32.2. The summed E-state index contributed by atoms with van der Waals surface area (Å²) < 4.78 is 0. The van der Waals surface area contributed by atoms with E-state index < -0.39 is 34.2 Å². The molecule has 0 aliphatic carbocycles. The van der Waals surface area contributed by atoms with Gasteiger partial charge in [0.05, 0.1) is 0 Å². The Hall–Kier alpha value is -0.239. The predicted molar refractivity (Wildman–Crippen MR) is 143 cm³/mol.